The molecule has 0 unspecified atom stereocenters. The molecule has 0 rings (SSSR count). The predicted octanol–water partition coefficient (Wildman–Crippen LogP) is 5.10. The molecule has 3 nitrogen and oxygen atoms in total. The van der Waals surface area contributed by atoms with Crippen molar-refractivity contribution in [3.8, 4) is 0 Å². The molecule has 0 fully saturated rings. The third-order valence-electron chi connectivity index (χ3n) is 2.76. The van der Waals surface area contributed by atoms with Gasteiger partial charge in [0.1, 0.15) is 0 Å². The van der Waals surface area contributed by atoms with Gasteiger partial charge in [-0.25, -0.2) is 0 Å². The van der Waals surface area contributed by atoms with Gasteiger partial charge in [-0.3, -0.25) is 4.18 Å². The molecule has 0 saturated heterocycles. The zero-order valence-electron chi connectivity index (χ0n) is 14.4. The highest BCUT2D eigenvalue weighted by Gasteiger charge is 1.96. The summed E-state index contributed by atoms with van der Waals surface area (Å²) < 4.78 is 26.0. The fraction of sp³-hybridized carbons (Fsp3) is 0.474. The van der Waals surface area contributed by atoms with Gasteiger partial charge in [-0.15, -0.1) is 0 Å². The van der Waals surface area contributed by atoms with Crippen molar-refractivity contribution in [1.29, 1.82) is 0 Å². The monoisotopic (exact) mass is 338 g/mol. The number of allylic oxidation sites excluding steroid dienone is 9. The maximum absolute atomic E-state index is 10.7. The first-order valence-electron chi connectivity index (χ1n) is 8.15. The lowest BCUT2D eigenvalue weighted by Crippen LogP contribution is -2.01. The van der Waals surface area contributed by atoms with E-state index >= 15 is 0 Å². The van der Waals surface area contributed by atoms with E-state index in [0.717, 1.165) is 44.8 Å². The summed E-state index contributed by atoms with van der Waals surface area (Å²) in [4.78, 5) is 0. The van der Waals surface area contributed by atoms with Crippen molar-refractivity contribution in [2.45, 2.75) is 45.4 Å². The first kappa shape index (κ1) is 21.6. The van der Waals surface area contributed by atoms with Gasteiger partial charge in [-0.2, -0.15) is 8.42 Å². The topological polar surface area (TPSA) is 43.4 Å². The Morgan fingerprint density at radius 3 is 1.61 bits per heavy atom. The van der Waals surface area contributed by atoms with Crippen molar-refractivity contribution < 1.29 is 12.6 Å². The summed E-state index contributed by atoms with van der Waals surface area (Å²) in [6, 6.07) is 0. The molecule has 0 bridgehead atoms. The zero-order valence-corrected chi connectivity index (χ0v) is 15.2. The number of hydrogen-bond acceptors (Lipinski definition) is 3. The highest BCUT2D eigenvalue weighted by atomic mass is 32.2. The van der Waals surface area contributed by atoms with Crippen LogP contribution in [0.4, 0.5) is 0 Å². The molecule has 0 N–H and O–H groups in total. The Balaban J connectivity index is 3.51. The van der Waals surface area contributed by atoms with Crippen molar-refractivity contribution in [2.75, 3.05) is 12.9 Å². The normalized spacial score (nSPS) is 13.7. The van der Waals surface area contributed by atoms with Crippen molar-refractivity contribution in [1.82, 2.24) is 0 Å². The van der Waals surface area contributed by atoms with E-state index in [0.29, 0.717) is 0 Å². The van der Waals surface area contributed by atoms with Gasteiger partial charge in [0.25, 0.3) is 10.1 Å². The summed E-state index contributed by atoms with van der Waals surface area (Å²) in [7, 11) is -3.33. The second-order valence-electron chi connectivity index (χ2n) is 5.04. The second kappa shape index (κ2) is 15.5. The number of hydrogen-bond donors (Lipinski definition) is 0. The molecule has 0 atom stereocenters. The average molecular weight is 339 g/mol. The lowest BCUT2D eigenvalue weighted by atomic mass is 10.2. The molecular weight excluding hydrogens is 308 g/mol. The summed E-state index contributed by atoms with van der Waals surface area (Å²) in [5, 5.41) is 0. The van der Waals surface area contributed by atoms with Crippen LogP contribution >= 0.6 is 0 Å². The van der Waals surface area contributed by atoms with E-state index in [-0.39, 0.29) is 6.61 Å². The molecule has 0 aliphatic heterocycles. The minimum atomic E-state index is -3.33. The second-order valence-corrected chi connectivity index (χ2v) is 6.68. The van der Waals surface area contributed by atoms with Crippen LogP contribution in [0.1, 0.15) is 45.4 Å². The van der Waals surface area contributed by atoms with Gasteiger partial charge in [0.2, 0.25) is 0 Å². The van der Waals surface area contributed by atoms with Crippen LogP contribution < -0.4 is 0 Å². The molecule has 4 heteroatoms. The molecule has 0 aromatic heterocycles. The molecular formula is C19H30O3S. The molecule has 0 heterocycles. The summed E-state index contributed by atoms with van der Waals surface area (Å²) in [5.41, 5.74) is 0. The smallest absolute Gasteiger partial charge is 0.264 e. The third-order valence-corrected chi connectivity index (χ3v) is 3.33. The Bertz CT molecular complexity index is 509. The maximum atomic E-state index is 10.7. The maximum Gasteiger partial charge on any atom is 0.264 e. The summed E-state index contributed by atoms with van der Waals surface area (Å²) in [6.45, 7) is 2.26. The molecule has 130 valence electrons. The van der Waals surface area contributed by atoms with Crippen LogP contribution in [0.5, 0.6) is 0 Å². The van der Waals surface area contributed by atoms with Crippen LogP contribution in [0, 0.1) is 0 Å². The van der Waals surface area contributed by atoms with Crippen LogP contribution in [0.25, 0.3) is 0 Å². The van der Waals surface area contributed by atoms with Gasteiger partial charge in [-0.05, 0) is 38.5 Å². The first-order chi connectivity index (χ1) is 11.1. The van der Waals surface area contributed by atoms with Gasteiger partial charge < -0.3 is 0 Å². The van der Waals surface area contributed by atoms with Gasteiger partial charge in [-0.1, -0.05) is 67.7 Å². The molecule has 0 aliphatic rings. The Hall–Kier alpha value is -1.39. The Kier molecular flexibility index (Phi) is 14.6. The zero-order chi connectivity index (χ0) is 17.2. The van der Waals surface area contributed by atoms with Crippen molar-refractivity contribution in [3.63, 3.8) is 0 Å². The number of rotatable bonds is 13. The highest BCUT2D eigenvalue weighted by molar-refractivity contribution is 7.85. The van der Waals surface area contributed by atoms with Gasteiger partial charge >= 0.3 is 0 Å². The average Bonchev–Trinajstić information content (AvgIpc) is 2.49. The molecule has 0 radical (unpaired) electrons. The van der Waals surface area contributed by atoms with E-state index in [4.69, 9.17) is 0 Å². The van der Waals surface area contributed by atoms with E-state index in [2.05, 4.69) is 59.7 Å². The Morgan fingerprint density at radius 2 is 1.13 bits per heavy atom. The minimum Gasteiger partial charge on any atom is -0.266 e. The molecule has 0 aliphatic carbocycles. The van der Waals surface area contributed by atoms with Gasteiger partial charge in [0, 0.05) is 0 Å². The van der Waals surface area contributed by atoms with E-state index in [1.165, 1.54) is 0 Å². The van der Waals surface area contributed by atoms with E-state index in [1.54, 1.807) is 6.08 Å². The first-order valence-corrected chi connectivity index (χ1v) is 9.97. The predicted molar refractivity (Wildman–Crippen MR) is 99.9 cm³/mol. The van der Waals surface area contributed by atoms with Crippen LogP contribution in [0.3, 0.4) is 0 Å². The molecule has 0 amide bonds. The van der Waals surface area contributed by atoms with E-state index in [9.17, 15) is 8.42 Å². The molecule has 23 heavy (non-hydrogen) atoms. The van der Waals surface area contributed by atoms with Crippen LogP contribution in [-0.2, 0) is 14.3 Å². The minimum absolute atomic E-state index is 0.118. The Morgan fingerprint density at radius 1 is 0.696 bits per heavy atom. The van der Waals surface area contributed by atoms with Gasteiger partial charge in [0.05, 0.1) is 12.9 Å². The molecule has 0 saturated carbocycles. The third kappa shape index (κ3) is 20.6. The van der Waals surface area contributed by atoms with Crippen LogP contribution in [-0.4, -0.2) is 21.3 Å². The lowest BCUT2D eigenvalue weighted by molar-refractivity contribution is 0.361. The van der Waals surface area contributed by atoms with Crippen molar-refractivity contribution >= 4 is 10.1 Å². The Labute approximate surface area is 142 Å². The number of unbranched alkanes of at least 4 members (excludes halogenated alkanes) is 1. The fourth-order valence-corrected chi connectivity index (χ4v) is 1.96. The molecule has 0 aromatic carbocycles. The van der Waals surface area contributed by atoms with Gasteiger partial charge in [0.15, 0.2) is 0 Å². The van der Waals surface area contributed by atoms with Crippen molar-refractivity contribution in [2.24, 2.45) is 0 Å². The van der Waals surface area contributed by atoms with Crippen LogP contribution in [0.15, 0.2) is 60.8 Å². The lowest BCUT2D eigenvalue weighted by Gasteiger charge is -1.94. The standard InChI is InChI=1S/C19H30O3S/c1-3-4-5-6-7-8-9-10-11-12-13-14-15-16-17-18-19-22-23(2,20)21/h4-5,7-8,10-11,13-14,17-18H,3,6,9,12,15-16,19H2,1-2H3/b5-4-,8-7-,11-10-,14-13-,18-17+. The van der Waals surface area contributed by atoms with E-state index < -0.39 is 10.1 Å². The molecule has 0 spiro atoms. The highest BCUT2D eigenvalue weighted by Crippen LogP contribution is 1.97. The summed E-state index contributed by atoms with van der Waals surface area (Å²) in [6.07, 6.45) is 28.0. The quantitative estimate of drug-likeness (QED) is 0.266. The van der Waals surface area contributed by atoms with Crippen LogP contribution in [0.2, 0.25) is 0 Å². The molecule has 0 aromatic rings. The summed E-state index contributed by atoms with van der Waals surface area (Å²) >= 11 is 0. The summed E-state index contributed by atoms with van der Waals surface area (Å²) in [5.74, 6) is 0. The SMILES string of the molecule is CC/C=C\C/C=C\C/C=C\C/C=C\CC/C=C/COS(C)(=O)=O. The van der Waals surface area contributed by atoms with E-state index in [1.807, 2.05) is 6.08 Å². The largest absolute Gasteiger partial charge is 0.266 e. The fourth-order valence-electron chi connectivity index (χ4n) is 1.64. The van der Waals surface area contributed by atoms with Crippen molar-refractivity contribution in [3.05, 3.63) is 60.8 Å².